The van der Waals surface area contributed by atoms with Crippen LogP contribution in [0.4, 0.5) is 0 Å². The topological polar surface area (TPSA) is 12.0 Å². The van der Waals surface area contributed by atoms with Gasteiger partial charge in [0, 0.05) is 33.6 Å². The molecule has 0 spiro atoms. The van der Waals surface area contributed by atoms with Crippen molar-refractivity contribution >= 4 is 34.0 Å². The van der Waals surface area contributed by atoms with E-state index in [9.17, 15) is 0 Å². The van der Waals surface area contributed by atoms with Gasteiger partial charge in [-0.1, -0.05) is 19.1 Å². The Hall–Kier alpha value is -0.940. The molecule has 0 aliphatic heterocycles. The Bertz CT molecular complexity index is 637. The summed E-state index contributed by atoms with van der Waals surface area (Å²) in [5.74, 6) is 0. The van der Waals surface area contributed by atoms with E-state index < -0.39 is 0 Å². The van der Waals surface area contributed by atoms with Gasteiger partial charge in [0.2, 0.25) is 0 Å². The SMILES string of the molecule is CCc1ccsc1CNC(Cc1cccs1)c1cccs1. The van der Waals surface area contributed by atoms with Gasteiger partial charge in [-0.15, -0.1) is 34.0 Å². The lowest BCUT2D eigenvalue weighted by atomic mass is 10.1. The molecule has 3 heterocycles. The van der Waals surface area contributed by atoms with Crippen molar-refractivity contribution in [2.45, 2.75) is 32.4 Å². The van der Waals surface area contributed by atoms with Crippen molar-refractivity contribution in [2.24, 2.45) is 0 Å². The third-order valence-corrected chi connectivity index (χ3v) is 6.45. The lowest BCUT2D eigenvalue weighted by Crippen LogP contribution is -2.21. The lowest BCUT2D eigenvalue weighted by Gasteiger charge is -2.17. The fraction of sp³-hybridized carbons (Fsp3) is 0.294. The highest BCUT2D eigenvalue weighted by atomic mass is 32.1. The standard InChI is InChI=1S/C17H19NS3/c1-2-13-7-10-21-17(13)12-18-15(16-6-4-9-20-16)11-14-5-3-8-19-14/h3-10,15,18H,2,11-12H2,1H3. The predicted molar refractivity (Wildman–Crippen MR) is 95.6 cm³/mol. The number of aryl methyl sites for hydroxylation is 1. The maximum absolute atomic E-state index is 3.77. The summed E-state index contributed by atoms with van der Waals surface area (Å²) in [6, 6.07) is 11.4. The monoisotopic (exact) mass is 333 g/mol. The fourth-order valence-corrected chi connectivity index (χ4v) is 4.93. The van der Waals surface area contributed by atoms with Gasteiger partial charge in [0.15, 0.2) is 0 Å². The first kappa shape index (κ1) is 15.0. The van der Waals surface area contributed by atoms with Crippen LogP contribution in [0.1, 0.15) is 33.2 Å². The summed E-state index contributed by atoms with van der Waals surface area (Å²) in [5.41, 5.74) is 1.48. The minimum atomic E-state index is 0.412. The molecule has 0 saturated heterocycles. The van der Waals surface area contributed by atoms with Crippen molar-refractivity contribution in [1.82, 2.24) is 5.32 Å². The number of thiophene rings is 3. The van der Waals surface area contributed by atoms with Crippen LogP contribution in [-0.4, -0.2) is 0 Å². The zero-order chi connectivity index (χ0) is 14.5. The van der Waals surface area contributed by atoms with Crippen LogP contribution in [0, 0.1) is 0 Å². The normalized spacial score (nSPS) is 12.6. The summed E-state index contributed by atoms with van der Waals surface area (Å²) < 4.78 is 0. The van der Waals surface area contributed by atoms with Gasteiger partial charge >= 0.3 is 0 Å². The summed E-state index contributed by atoms with van der Waals surface area (Å²) in [7, 11) is 0. The summed E-state index contributed by atoms with van der Waals surface area (Å²) in [6.07, 6.45) is 2.19. The van der Waals surface area contributed by atoms with Crippen molar-refractivity contribution in [3.05, 3.63) is 66.7 Å². The van der Waals surface area contributed by atoms with Gasteiger partial charge in [-0.05, 0) is 46.3 Å². The Balaban J connectivity index is 1.70. The molecule has 0 aliphatic carbocycles. The zero-order valence-electron chi connectivity index (χ0n) is 12.0. The van der Waals surface area contributed by atoms with Crippen molar-refractivity contribution in [2.75, 3.05) is 0 Å². The largest absolute Gasteiger partial charge is 0.304 e. The first-order chi connectivity index (χ1) is 10.4. The number of rotatable bonds is 7. The van der Waals surface area contributed by atoms with Gasteiger partial charge in [-0.3, -0.25) is 0 Å². The molecule has 4 heteroatoms. The van der Waals surface area contributed by atoms with Gasteiger partial charge < -0.3 is 5.32 Å². The molecular formula is C17H19NS3. The van der Waals surface area contributed by atoms with E-state index in [1.54, 1.807) is 0 Å². The summed E-state index contributed by atoms with van der Waals surface area (Å²) >= 11 is 5.56. The second-order valence-corrected chi connectivity index (χ2v) is 7.97. The number of hydrogen-bond acceptors (Lipinski definition) is 4. The van der Waals surface area contributed by atoms with Crippen molar-refractivity contribution in [3.63, 3.8) is 0 Å². The second kappa shape index (κ2) is 7.36. The Labute approximate surface area is 138 Å². The molecule has 110 valence electrons. The Morgan fingerprint density at radius 1 is 1.00 bits per heavy atom. The lowest BCUT2D eigenvalue weighted by molar-refractivity contribution is 0.543. The summed E-state index contributed by atoms with van der Waals surface area (Å²) in [6.45, 7) is 3.20. The maximum Gasteiger partial charge on any atom is 0.0466 e. The molecule has 1 N–H and O–H groups in total. The van der Waals surface area contributed by atoms with Gasteiger partial charge in [-0.25, -0.2) is 0 Å². The van der Waals surface area contributed by atoms with Crippen molar-refractivity contribution in [3.8, 4) is 0 Å². The van der Waals surface area contributed by atoms with E-state index >= 15 is 0 Å². The molecule has 0 aliphatic rings. The zero-order valence-corrected chi connectivity index (χ0v) is 14.5. The molecule has 3 rings (SSSR count). The average Bonchev–Trinajstić information content (AvgIpc) is 3.23. The van der Waals surface area contributed by atoms with Crippen LogP contribution in [0.2, 0.25) is 0 Å². The Morgan fingerprint density at radius 3 is 2.57 bits per heavy atom. The van der Waals surface area contributed by atoms with Crippen LogP contribution in [0.5, 0.6) is 0 Å². The molecule has 21 heavy (non-hydrogen) atoms. The van der Waals surface area contributed by atoms with E-state index in [-0.39, 0.29) is 0 Å². The minimum absolute atomic E-state index is 0.412. The smallest absolute Gasteiger partial charge is 0.0466 e. The third-order valence-electron chi connectivity index (χ3n) is 3.60. The van der Waals surface area contributed by atoms with E-state index in [2.05, 4.69) is 58.7 Å². The van der Waals surface area contributed by atoms with E-state index in [4.69, 9.17) is 0 Å². The fourth-order valence-electron chi connectivity index (χ4n) is 2.45. The molecule has 0 amide bonds. The Morgan fingerprint density at radius 2 is 1.86 bits per heavy atom. The summed E-state index contributed by atoms with van der Waals surface area (Å²) in [4.78, 5) is 4.35. The van der Waals surface area contributed by atoms with Gasteiger partial charge in [-0.2, -0.15) is 0 Å². The maximum atomic E-state index is 3.77. The Kier molecular flexibility index (Phi) is 5.25. The molecule has 1 atom stereocenters. The third kappa shape index (κ3) is 3.83. The molecule has 1 nitrogen and oxygen atoms in total. The molecule has 0 bridgehead atoms. The molecule has 0 aromatic carbocycles. The predicted octanol–water partition coefficient (Wildman–Crippen LogP) is 5.51. The minimum Gasteiger partial charge on any atom is -0.304 e. The quantitative estimate of drug-likeness (QED) is 0.601. The second-order valence-electron chi connectivity index (χ2n) is 4.95. The molecule has 0 fully saturated rings. The first-order valence-corrected chi connectivity index (χ1v) is 9.85. The average molecular weight is 334 g/mol. The number of hydrogen-bond donors (Lipinski definition) is 1. The van der Waals surface area contributed by atoms with Gasteiger partial charge in [0.25, 0.3) is 0 Å². The van der Waals surface area contributed by atoms with Gasteiger partial charge in [0.1, 0.15) is 0 Å². The van der Waals surface area contributed by atoms with Crippen LogP contribution < -0.4 is 5.32 Å². The molecule has 0 saturated carbocycles. The van der Waals surface area contributed by atoms with Crippen molar-refractivity contribution < 1.29 is 0 Å². The van der Waals surface area contributed by atoms with Crippen LogP contribution >= 0.6 is 34.0 Å². The van der Waals surface area contributed by atoms with E-state index in [1.807, 2.05) is 34.0 Å². The van der Waals surface area contributed by atoms with E-state index in [0.29, 0.717) is 6.04 Å². The number of nitrogens with one attached hydrogen (secondary N) is 1. The van der Waals surface area contributed by atoms with Crippen LogP contribution in [0.25, 0.3) is 0 Å². The van der Waals surface area contributed by atoms with Crippen LogP contribution in [0.15, 0.2) is 46.5 Å². The molecule has 3 aromatic rings. The summed E-state index contributed by atoms with van der Waals surface area (Å²) in [5, 5.41) is 10.3. The molecular weight excluding hydrogens is 314 g/mol. The van der Waals surface area contributed by atoms with Gasteiger partial charge in [0.05, 0.1) is 0 Å². The molecule has 3 aromatic heterocycles. The molecule has 0 radical (unpaired) electrons. The highest BCUT2D eigenvalue weighted by Gasteiger charge is 2.14. The van der Waals surface area contributed by atoms with Crippen LogP contribution in [0.3, 0.4) is 0 Å². The van der Waals surface area contributed by atoms with Crippen LogP contribution in [-0.2, 0) is 19.4 Å². The highest BCUT2D eigenvalue weighted by Crippen LogP contribution is 2.26. The van der Waals surface area contributed by atoms with E-state index in [0.717, 1.165) is 19.4 Å². The highest BCUT2D eigenvalue weighted by molar-refractivity contribution is 7.10. The van der Waals surface area contributed by atoms with Crippen molar-refractivity contribution in [1.29, 1.82) is 0 Å². The van der Waals surface area contributed by atoms with E-state index in [1.165, 1.54) is 20.2 Å². The molecule has 1 unspecified atom stereocenters. The first-order valence-electron chi connectivity index (χ1n) is 7.21.